The van der Waals surface area contributed by atoms with Gasteiger partial charge in [-0.1, -0.05) is 30.3 Å². The van der Waals surface area contributed by atoms with Gasteiger partial charge >= 0.3 is 24.4 Å². The minimum atomic E-state index is -5.75. The molecule has 5 nitrogen and oxygen atoms in total. The molecule has 0 unspecified atom stereocenters. The van der Waals surface area contributed by atoms with E-state index >= 15 is 0 Å². The van der Waals surface area contributed by atoms with Crippen LogP contribution in [0.25, 0.3) is 0 Å². The second-order valence-corrected chi connectivity index (χ2v) is 7.55. The van der Waals surface area contributed by atoms with Crippen molar-refractivity contribution in [3.05, 3.63) is 35.9 Å². The molecule has 3 rings (SSSR count). The molecule has 1 aromatic rings. The lowest BCUT2D eigenvalue weighted by Gasteiger charge is -2.33. The highest BCUT2D eigenvalue weighted by molar-refractivity contribution is 5.77. The molecule has 0 aromatic heterocycles. The second-order valence-electron chi connectivity index (χ2n) is 7.55. The number of esters is 1. The van der Waals surface area contributed by atoms with Gasteiger partial charge in [0.15, 0.2) is 0 Å². The molecule has 0 radical (unpaired) electrons. The van der Waals surface area contributed by atoms with Crippen LogP contribution in [0.2, 0.25) is 0 Å². The monoisotopic (exact) mass is 439 g/mol. The molecule has 1 spiro atoms. The fourth-order valence-corrected chi connectivity index (χ4v) is 3.69. The third kappa shape index (κ3) is 4.99. The van der Waals surface area contributed by atoms with Gasteiger partial charge in [-0.05, 0) is 30.2 Å². The van der Waals surface area contributed by atoms with Gasteiger partial charge in [0.2, 0.25) is 0 Å². The first-order valence-corrected chi connectivity index (χ1v) is 9.22. The topological polar surface area (TPSA) is 55.8 Å². The standard InChI is InChI=1S/C19H19F6NO4/c20-18(21,22)15(19(23,24)25)30-16(28)26-8-6-17(7-9-26)10-13(17)14(27)29-11-12-4-2-1-3-5-12/h1-5,13,15H,6-11H2/t13-/m1/s1. The fourth-order valence-electron chi connectivity index (χ4n) is 3.69. The quantitative estimate of drug-likeness (QED) is 0.514. The Balaban J connectivity index is 1.49. The van der Waals surface area contributed by atoms with Crippen molar-refractivity contribution in [3.8, 4) is 0 Å². The van der Waals surface area contributed by atoms with Crippen molar-refractivity contribution >= 4 is 12.1 Å². The van der Waals surface area contributed by atoms with Gasteiger partial charge in [0.25, 0.3) is 6.10 Å². The van der Waals surface area contributed by atoms with Crippen LogP contribution < -0.4 is 0 Å². The van der Waals surface area contributed by atoms with E-state index in [1.165, 1.54) is 0 Å². The molecule has 0 bridgehead atoms. The molecule has 1 saturated carbocycles. The van der Waals surface area contributed by atoms with Gasteiger partial charge in [0.1, 0.15) is 6.61 Å². The largest absolute Gasteiger partial charge is 0.461 e. The number of ether oxygens (including phenoxy) is 2. The first kappa shape index (κ1) is 22.2. The number of likely N-dealkylation sites (tertiary alicyclic amines) is 1. The van der Waals surface area contributed by atoms with Crippen LogP contribution in [0.1, 0.15) is 24.8 Å². The molecule has 1 aliphatic heterocycles. The number of benzene rings is 1. The molecule has 166 valence electrons. The van der Waals surface area contributed by atoms with Crippen LogP contribution in [0.5, 0.6) is 0 Å². The number of carbonyl (C=O) groups is 2. The third-order valence-corrected chi connectivity index (χ3v) is 5.53. The van der Waals surface area contributed by atoms with Crippen LogP contribution in [0.15, 0.2) is 30.3 Å². The Morgan fingerprint density at radius 2 is 1.60 bits per heavy atom. The van der Waals surface area contributed by atoms with Gasteiger partial charge in [-0.3, -0.25) is 4.79 Å². The summed E-state index contributed by atoms with van der Waals surface area (Å²) in [5.41, 5.74) is 0.389. The minimum absolute atomic E-state index is 0.0935. The van der Waals surface area contributed by atoms with Gasteiger partial charge < -0.3 is 14.4 Å². The Morgan fingerprint density at radius 1 is 1.03 bits per heavy atom. The lowest BCUT2D eigenvalue weighted by molar-refractivity contribution is -0.308. The zero-order chi connectivity index (χ0) is 22.2. The highest BCUT2D eigenvalue weighted by Crippen LogP contribution is 2.60. The van der Waals surface area contributed by atoms with E-state index in [9.17, 15) is 35.9 Å². The molecule has 1 saturated heterocycles. The number of amides is 1. The molecular formula is C19H19F6NO4. The lowest BCUT2D eigenvalue weighted by atomic mass is 9.91. The van der Waals surface area contributed by atoms with Gasteiger partial charge in [0.05, 0.1) is 5.92 Å². The first-order chi connectivity index (χ1) is 13.9. The fraction of sp³-hybridized carbons (Fsp3) is 0.579. The van der Waals surface area contributed by atoms with Gasteiger partial charge in [-0.25, -0.2) is 4.79 Å². The van der Waals surface area contributed by atoms with Crippen molar-refractivity contribution in [1.82, 2.24) is 4.90 Å². The first-order valence-electron chi connectivity index (χ1n) is 9.22. The summed E-state index contributed by atoms with van der Waals surface area (Å²) in [5.74, 6) is -0.790. The summed E-state index contributed by atoms with van der Waals surface area (Å²) in [4.78, 5) is 24.9. The smallest absolute Gasteiger partial charge is 0.434 e. The molecule has 2 aliphatic rings. The van der Waals surface area contributed by atoms with E-state index in [1.54, 1.807) is 24.3 Å². The summed E-state index contributed by atoms with van der Waals surface area (Å²) in [6, 6.07) is 9.04. The minimum Gasteiger partial charge on any atom is -0.461 e. The van der Waals surface area contributed by atoms with Crippen molar-refractivity contribution < 1.29 is 45.4 Å². The highest BCUT2D eigenvalue weighted by Gasteiger charge is 2.62. The molecule has 0 N–H and O–H groups in total. The maximum Gasteiger partial charge on any atom is 0.434 e. The molecule has 1 aliphatic carbocycles. The van der Waals surface area contributed by atoms with E-state index in [4.69, 9.17) is 4.74 Å². The molecular weight excluding hydrogens is 420 g/mol. The maximum atomic E-state index is 12.5. The number of piperidine rings is 1. The Labute approximate surface area is 167 Å². The average molecular weight is 439 g/mol. The number of halogens is 6. The number of rotatable bonds is 4. The molecule has 1 aromatic carbocycles. The van der Waals surface area contributed by atoms with Crippen molar-refractivity contribution in [2.45, 2.75) is 44.3 Å². The van der Waals surface area contributed by atoms with Gasteiger partial charge in [0, 0.05) is 13.1 Å². The predicted molar refractivity (Wildman–Crippen MR) is 90.0 cm³/mol. The van der Waals surface area contributed by atoms with Crippen LogP contribution in [0.4, 0.5) is 31.1 Å². The third-order valence-electron chi connectivity index (χ3n) is 5.53. The highest BCUT2D eigenvalue weighted by atomic mass is 19.4. The van der Waals surface area contributed by atoms with E-state index in [1.807, 2.05) is 6.07 Å². The van der Waals surface area contributed by atoms with Gasteiger partial charge in [-0.15, -0.1) is 0 Å². The van der Waals surface area contributed by atoms with E-state index in [0.717, 1.165) is 10.5 Å². The number of alkyl halides is 6. The van der Waals surface area contributed by atoms with Crippen LogP contribution in [-0.2, 0) is 20.9 Å². The predicted octanol–water partition coefficient (Wildman–Crippen LogP) is 4.46. The van der Waals surface area contributed by atoms with Crippen LogP contribution in [-0.4, -0.2) is 48.5 Å². The summed E-state index contributed by atoms with van der Waals surface area (Å²) < 4.78 is 84.3. The van der Waals surface area contributed by atoms with Crippen molar-refractivity contribution in [3.63, 3.8) is 0 Å². The number of hydrogen-bond donors (Lipinski definition) is 0. The van der Waals surface area contributed by atoms with Crippen LogP contribution in [0, 0.1) is 11.3 Å². The maximum absolute atomic E-state index is 12.5. The Kier molecular flexibility index (Phi) is 5.92. The lowest BCUT2D eigenvalue weighted by Crippen LogP contribution is -2.49. The van der Waals surface area contributed by atoms with Crippen LogP contribution >= 0.6 is 0 Å². The summed E-state index contributed by atoms with van der Waals surface area (Å²) in [6.45, 7) is -0.0750. The number of carbonyl (C=O) groups excluding carboxylic acids is 2. The Bertz CT molecular complexity index is 757. The van der Waals surface area contributed by atoms with E-state index in [2.05, 4.69) is 4.74 Å². The molecule has 1 heterocycles. The van der Waals surface area contributed by atoms with Crippen LogP contribution in [0.3, 0.4) is 0 Å². The van der Waals surface area contributed by atoms with Crippen molar-refractivity contribution in [2.24, 2.45) is 11.3 Å². The normalized spacial score (nSPS) is 20.9. The van der Waals surface area contributed by atoms with E-state index in [0.29, 0.717) is 6.42 Å². The zero-order valence-corrected chi connectivity index (χ0v) is 15.6. The van der Waals surface area contributed by atoms with E-state index < -0.39 is 41.9 Å². The number of nitrogens with zero attached hydrogens (tertiary/aromatic N) is 1. The number of hydrogen-bond acceptors (Lipinski definition) is 4. The Hall–Kier alpha value is -2.46. The van der Waals surface area contributed by atoms with Gasteiger partial charge in [-0.2, -0.15) is 26.3 Å². The molecule has 2 fully saturated rings. The Morgan fingerprint density at radius 3 is 2.13 bits per heavy atom. The van der Waals surface area contributed by atoms with E-state index in [-0.39, 0.29) is 32.5 Å². The molecule has 1 amide bonds. The molecule has 1 atom stereocenters. The summed E-state index contributed by atoms with van der Waals surface area (Å²) in [6.07, 6.45) is -16.3. The summed E-state index contributed by atoms with van der Waals surface area (Å²) >= 11 is 0. The SMILES string of the molecule is O=C(OCc1ccccc1)[C@H]1CC12CCN(C(=O)OC(C(F)(F)F)C(F)(F)F)CC2. The molecule has 11 heteroatoms. The van der Waals surface area contributed by atoms with Crippen molar-refractivity contribution in [2.75, 3.05) is 13.1 Å². The molecule has 30 heavy (non-hydrogen) atoms. The summed E-state index contributed by atoms with van der Waals surface area (Å²) in [7, 11) is 0. The van der Waals surface area contributed by atoms with Crippen molar-refractivity contribution in [1.29, 1.82) is 0 Å². The zero-order valence-electron chi connectivity index (χ0n) is 15.6. The average Bonchev–Trinajstić information content (AvgIpc) is 3.37. The second kappa shape index (κ2) is 7.99. The summed E-state index contributed by atoms with van der Waals surface area (Å²) in [5, 5.41) is 0.